The first-order valence-corrected chi connectivity index (χ1v) is 6.59. The Balaban J connectivity index is 2.26. The lowest BCUT2D eigenvalue weighted by atomic mass is 10.1. The number of hydrogen-bond acceptors (Lipinski definition) is 1. The minimum atomic E-state index is 0.693. The maximum absolute atomic E-state index is 8.82. The molecular formula is C13H13IN2. The fourth-order valence-electron chi connectivity index (χ4n) is 1.75. The molecule has 0 aliphatic rings. The van der Waals surface area contributed by atoms with Crippen LogP contribution in [-0.4, -0.2) is 8.91 Å². The maximum Gasteiger partial charge on any atom is 0.0991 e. The molecule has 1 unspecified atom stereocenters. The number of aromatic nitrogens is 1. The van der Waals surface area contributed by atoms with Crippen molar-refractivity contribution in [2.24, 2.45) is 0 Å². The molecule has 0 aliphatic heterocycles. The summed E-state index contributed by atoms with van der Waals surface area (Å²) in [5.41, 5.74) is 3.10. The number of nitrogens with zero attached hydrogens (tertiary/aromatic N) is 1. The summed E-state index contributed by atoms with van der Waals surface area (Å²) >= 11 is 2.44. The summed E-state index contributed by atoms with van der Waals surface area (Å²) in [6.07, 6.45) is 2.25. The lowest BCUT2D eigenvalue weighted by Crippen LogP contribution is -1.93. The number of hydrogen-bond donors (Lipinski definition) is 1. The fourth-order valence-corrected chi connectivity index (χ4v) is 2.06. The van der Waals surface area contributed by atoms with Crippen LogP contribution in [0, 0.1) is 11.3 Å². The maximum atomic E-state index is 8.82. The minimum Gasteiger partial charge on any atom is -0.358 e. The Morgan fingerprint density at radius 3 is 2.94 bits per heavy atom. The quantitative estimate of drug-likeness (QED) is 0.677. The van der Waals surface area contributed by atoms with Gasteiger partial charge in [-0.05, 0) is 37.1 Å². The predicted octanol–water partition coefficient (Wildman–Crippen LogP) is 3.80. The van der Waals surface area contributed by atoms with E-state index in [-0.39, 0.29) is 0 Å². The molecule has 0 radical (unpaired) electrons. The summed E-state index contributed by atoms with van der Waals surface area (Å²) in [6, 6.07) is 10.1. The highest BCUT2D eigenvalue weighted by Crippen LogP contribution is 2.19. The van der Waals surface area contributed by atoms with Gasteiger partial charge in [-0.2, -0.15) is 5.26 Å². The summed E-state index contributed by atoms with van der Waals surface area (Å²) in [5, 5.41) is 9.95. The lowest BCUT2D eigenvalue weighted by Gasteiger charge is -1.99. The summed E-state index contributed by atoms with van der Waals surface area (Å²) < 4.78 is 0.693. The summed E-state index contributed by atoms with van der Waals surface area (Å²) in [6.45, 7) is 2.22. The normalized spacial score (nSPS) is 12.6. The molecule has 0 aliphatic carbocycles. The zero-order chi connectivity index (χ0) is 11.5. The van der Waals surface area contributed by atoms with E-state index >= 15 is 0 Å². The Morgan fingerprint density at radius 2 is 2.25 bits per heavy atom. The van der Waals surface area contributed by atoms with Crippen molar-refractivity contribution in [1.82, 2.24) is 4.98 Å². The van der Waals surface area contributed by atoms with Gasteiger partial charge in [-0.1, -0.05) is 29.5 Å². The van der Waals surface area contributed by atoms with E-state index in [1.165, 1.54) is 12.1 Å². The zero-order valence-electron chi connectivity index (χ0n) is 9.13. The third-order valence-electron chi connectivity index (χ3n) is 2.62. The van der Waals surface area contributed by atoms with Gasteiger partial charge in [0.25, 0.3) is 0 Å². The highest BCUT2D eigenvalue weighted by atomic mass is 127. The van der Waals surface area contributed by atoms with Gasteiger partial charge in [-0.3, -0.25) is 0 Å². The van der Waals surface area contributed by atoms with Crippen LogP contribution in [0.25, 0.3) is 10.9 Å². The van der Waals surface area contributed by atoms with Crippen LogP contribution in [0.5, 0.6) is 0 Å². The summed E-state index contributed by atoms with van der Waals surface area (Å²) in [7, 11) is 0. The van der Waals surface area contributed by atoms with Gasteiger partial charge >= 0.3 is 0 Å². The van der Waals surface area contributed by atoms with Crippen LogP contribution in [-0.2, 0) is 6.42 Å². The number of benzene rings is 1. The molecule has 0 bridgehead atoms. The number of H-pyrrole nitrogens is 1. The Bertz CT molecular complexity index is 534. The van der Waals surface area contributed by atoms with Crippen LogP contribution in [0.2, 0.25) is 0 Å². The van der Waals surface area contributed by atoms with Crippen LogP contribution < -0.4 is 0 Å². The number of nitriles is 1. The second-order valence-corrected chi connectivity index (χ2v) is 6.15. The smallest absolute Gasteiger partial charge is 0.0991 e. The van der Waals surface area contributed by atoms with Crippen molar-refractivity contribution in [3.05, 3.63) is 35.5 Å². The molecule has 2 aromatic rings. The predicted molar refractivity (Wildman–Crippen MR) is 74.8 cm³/mol. The standard InChI is InChI=1S/C13H13IN2/c1-9(14)2-4-12-7-11-6-10(8-15)3-5-13(11)16-12/h3,5-7,9,16H,2,4H2,1H3. The number of aryl methyl sites for hydroxylation is 1. The number of halogens is 1. The van der Waals surface area contributed by atoms with Crippen molar-refractivity contribution in [3.8, 4) is 6.07 Å². The van der Waals surface area contributed by atoms with Crippen molar-refractivity contribution in [2.45, 2.75) is 23.7 Å². The highest BCUT2D eigenvalue weighted by molar-refractivity contribution is 14.1. The first kappa shape index (κ1) is 11.5. The first-order valence-electron chi connectivity index (χ1n) is 5.35. The van der Waals surface area contributed by atoms with Gasteiger partial charge < -0.3 is 4.98 Å². The molecule has 82 valence electrons. The second kappa shape index (κ2) is 4.88. The van der Waals surface area contributed by atoms with E-state index in [2.05, 4.69) is 46.6 Å². The molecule has 3 heteroatoms. The van der Waals surface area contributed by atoms with Crippen LogP contribution in [0.15, 0.2) is 24.3 Å². The van der Waals surface area contributed by atoms with E-state index in [1.54, 1.807) is 0 Å². The van der Waals surface area contributed by atoms with Crippen LogP contribution >= 0.6 is 22.6 Å². The van der Waals surface area contributed by atoms with Crippen LogP contribution in [0.3, 0.4) is 0 Å². The van der Waals surface area contributed by atoms with Gasteiger partial charge in [-0.15, -0.1) is 0 Å². The average Bonchev–Trinajstić information content (AvgIpc) is 2.67. The van der Waals surface area contributed by atoms with E-state index in [0.29, 0.717) is 3.92 Å². The van der Waals surface area contributed by atoms with E-state index in [9.17, 15) is 0 Å². The number of fused-ring (bicyclic) bond motifs is 1. The molecule has 0 spiro atoms. The summed E-state index contributed by atoms with van der Waals surface area (Å²) in [5.74, 6) is 0. The second-order valence-electron chi connectivity index (χ2n) is 4.03. The van der Waals surface area contributed by atoms with E-state index in [4.69, 9.17) is 5.26 Å². The molecular weight excluding hydrogens is 311 g/mol. The van der Waals surface area contributed by atoms with Crippen molar-refractivity contribution in [1.29, 1.82) is 5.26 Å². The molecule has 0 saturated heterocycles. The molecule has 1 N–H and O–H groups in total. The Kier molecular flexibility index (Phi) is 3.49. The molecule has 0 fully saturated rings. The lowest BCUT2D eigenvalue weighted by molar-refractivity contribution is 0.818. The Hall–Kier alpha value is -1.02. The van der Waals surface area contributed by atoms with Crippen LogP contribution in [0.1, 0.15) is 24.6 Å². The average molecular weight is 324 g/mol. The van der Waals surface area contributed by atoms with Gasteiger partial charge in [0.2, 0.25) is 0 Å². The van der Waals surface area contributed by atoms with Gasteiger partial charge in [0.15, 0.2) is 0 Å². The van der Waals surface area contributed by atoms with Crippen molar-refractivity contribution in [2.75, 3.05) is 0 Å². The molecule has 2 nitrogen and oxygen atoms in total. The van der Waals surface area contributed by atoms with E-state index in [0.717, 1.165) is 22.9 Å². The molecule has 1 aromatic carbocycles. The number of nitrogens with one attached hydrogen (secondary N) is 1. The first-order chi connectivity index (χ1) is 7.69. The fraction of sp³-hybridized carbons (Fsp3) is 0.308. The van der Waals surface area contributed by atoms with Crippen molar-refractivity contribution >= 4 is 33.5 Å². The number of rotatable bonds is 3. The van der Waals surface area contributed by atoms with Crippen LogP contribution in [0.4, 0.5) is 0 Å². The van der Waals surface area contributed by atoms with Crippen molar-refractivity contribution < 1.29 is 0 Å². The Morgan fingerprint density at radius 1 is 1.44 bits per heavy atom. The number of alkyl halides is 1. The topological polar surface area (TPSA) is 39.6 Å². The minimum absolute atomic E-state index is 0.693. The SMILES string of the molecule is CC(I)CCc1cc2cc(C#N)ccc2[nH]1. The number of aromatic amines is 1. The highest BCUT2D eigenvalue weighted by Gasteiger charge is 2.03. The van der Waals surface area contributed by atoms with E-state index in [1.807, 2.05) is 18.2 Å². The van der Waals surface area contributed by atoms with Gasteiger partial charge in [0.05, 0.1) is 11.6 Å². The zero-order valence-corrected chi connectivity index (χ0v) is 11.3. The molecule has 0 saturated carbocycles. The molecule has 1 aromatic heterocycles. The van der Waals surface area contributed by atoms with Gasteiger partial charge in [0, 0.05) is 20.5 Å². The molecule has 2 rings (SSSR count). The third kappa shape index (κ3) is 2.56. The van der Waals surface area contributed by atoms with E-state index < -0.39 is 0 Å². The van der Waals surface area contributed by atoms with Crippen molar-refractivity contribution in [3.63, 3.8) is 0 Å². The molecule has 1 atom stereocenters. The molecule has 0 amide bonds. The molecule has 1 heterocycles. The monoisotopic (exact) mass is 324 g/mol. The Labute approximate surface area is 109 Å². The molecule has 16 heavy (non-hydrogen) atoms. The third-order valence-corrected chi connectivity index (χ3v) is 3.24. The van der Waals surface area contributed by atoms with Gasteiger partial charge in [0.1, 0.15) is 0 Å². The summed E-state index contributed by atoms with van der Waals surface area (Å²) in [4.78, 5) is 3.39. The largest absolute Gasteiger partial charge is 0.358 e. The van der Waals surface area contributed by atoms with Gasteiger partial charge in [-0.25, -0.2) is 0 Å².